The molecule has 0 spiro atoms. The van der Waals surface area contributed by atoms with Gasteiger partial charge in [-0.15, -0.1) is 10.2 Å². The molecule has 0 amide bonds. The molecule has 146 valence electrons. The maximum absolute atomic E-state index is 10.7. The molecule has 0 unspecified atom stereocenters. The first kappa shape index (κ1) is 19.0. The van der Waals surface area contributed by atoms with Gasteiger partial charge in [0.1, 0.15) is 5.75 Å². The lowest BCUT2D eigenvalue weighted by atomic mass is 10.2. The molecule has 0 N–H and O–H groups in total. The number of benzene rings is 2. The highest BCUT2D eigenvalue weighted by atomic mass is 16.6. The van der Waals surface area contributed by atoms with Crippen LogP contribution in [0.2, 0.25) is 0 Å². The second-order valence-corrected chi connectivity index (χ2v) is 5.45. The molecule has 0 bridgehead atoms. The zero-order valence-corrected chi connectivity index (χ0v) is 15.4. The standard InChI is InChI=1S/C18H17N3O7/c1-24-14-8-11(9-15(25-2)17(14)26-3)18-20-19-16(28-18)10-27-13-6-4-12(5-7-13)21(22)23/h4-9H,10H2,1-3H3. The lowest BCUT2D eigenvalue weighted by Crippen LogP contribution is -1.96. The third-order valence-electron chi connectivity index (χ3n) is 3.79. The fraction of sp³-hybridized carbons (Fsp3) is 0.222. The molecule has 28 heavy (non-hydrogen) atoms. The van der Waals surface area contributed by atoms with Crippen LogP contribution >= 0.6 is 0 Å². The van der Waals surface area contributed by atoms with E-state index in [0.717, 1.165) is 0 Å². The van der Waals surface area contributed by atoms with Gasteiger partial charge in [0, 0.05) is 17.7 Å². The van der Waals surface area contributed by atoms with Gasteiger partial charge in [-0.25, -0.2) is 0 Å². The minimum absolute atomic E-state index is 0.00916. The zero-order chi connectivity index (χ0) is 20.1. The van der Waals surface area contributed by atoms with E-state index in [2.05, 4.69) is 10.2 Å². The van der Waals surface area contributed by atoms with Gasteiger partial charge in [-0.1, -0.05) is 0 Å². The third-order valence-corrected chi connectivity index (χ3v) is 3.79. The Morgan fingerprint density at radius 1 is 1.00 bits per heavy atom. The predicted octanol–water partition coefficient (Wildman–Crippen LogP) is 3.25. The quantitative estimate of drug-likeness (QED) is 0.424. The number of non-ortho nitro benzene ring substituents is 1. The molecule has 0 aliphatic heterocycles. The molecule has 10 heteroatoms. The Morgan fingerprint density at radius 2 is 1.64 bits per heavy atom. The number of ether oxygens (including phenoxy) is 4. The third kappa shape index (κ3) is 3.95. The Morgan fingerprint density at radius 3 is 2.18 bits per heavy atom. The first-order valence-corrected chi connectivity index (χ1v) is 8.05. The summed E-state index contributed by atoms with van der Waals surface area (Å²) in [5, 5.41) is 18.6. The minimum atomic E-state index is -0.481. The van der Waals surface area contributed by atoms with Gasteiger partial charge in [-0.2, -0.15) is 0 Å². The largest absolute Gasteiger partial charge is 0.493 e. The van der Waals surface area contributed by atoms with Gasteiger partial charge in [0.15, 0.2) is 18.1 Å². The minimum Gasteiger partial charge on any atom is -0.493 e. The Labute approximate surface area is 159 Å². The maximum Gasteiger partial charge on any atom is 0.269 e. The number of nitrogens with zero attached hydrogens (tertiary/aromatic N) is 3. The van der Waals surface area contributed by atoms with Crippen LogP contribution < -0.4 is 18.9 Å². The van der Waals surface area contributed by atoms with Crippen LogP contribution in [0.5, 0.6) is 23.0 Å². The van der Waals surface area contributed by atoms with Gasteiger partial charge in [-0.3, -0.25) is 10.1 Å². The summed E-state index contributed by atoms with van der Waals surface area (Å²) in [6.07, 6.45) is 0. The van der Waals surface area contributed by atoms with Crippen LogP contribution in [0.25, 0.3) is 11.5 Å². The van der Waals surface area contributed by atoms with Crippen molar-refractivity contribution in [1.82, 2.24) is 10.2 Å². The molecule has 10 nitrogen and oxygen atoms in total. The molecule has 1 heterocycles. The number of nitro benzene ring substituents is 1. The molecule has 2 aromatic carbocycles. The monoisotopic (exact) mass is 387 g/mol. The van der Waals surface area contributed by atoms with E-state index < -0.39 is 4.92 Å². The van der Waals surface area contributed by atoms with Crippen molar-refractivity contribution in [1.29, 1.82) is 0 Å². The Hall–Kier alpha value is -3.82. The van der Waals surface area contributed by atoms with Crippen molar-refractivity contribution in [3.8, 4) is 34.5 Å². The van der Waals surface area contributed by atoms with E-state index in [1.54, 1.807) is 12.1 Å². The van der Waals surface area contributed by atoms with Gasteiger partial charge < -0.3 is 23.4 Å². The maximum atomic E-state index is 10.7. The Balaban J connectivity index is 1.76. The van der Waals surface area contributed by atoms with E-state index in [9.17, 15) is 10.1 Å². The first-order chi connectivity index (χ1) is 13.5. The van der Waals surface area contributed by atoms with Crippen LogP contribution in [-0.4, -0.2) is 36.5 Å². The van der Waals surface area contributed by atoms with Crippen molar-refractivity contribution in [3.05, 3.63) is 52.4 Å². The van der Waals surface area contributed by atoms with Gasteiger partial charge in [0.25, 0.3) is 11.6 Å². The highest BCUT2D eigenvalue weighted by Gasteiger charge is 2.17. The van der Waals surface area contributed by atoms with Crippen molar-refractivity contribution < 1.29 is 28.3 Å². The number of nitro groups is 1. The summed E-state index contributed by atoms with van der Waals surface area (Å²) in [7, 11) is 4.54. The van der Waals surface area contributed by atoms with Gasteiger partial charge in [0.2, 0.25) is 11.6 Å². The van der Waals surface area contributed by atoms with Crippen molar-refractivity contribution in [2.45, 2.75) is 6.61 Å². The van der Waals surface area contributed by atoms with Crippen molar-refractivity contribution in [3.63, 3.8) is 0 Å². The van der Waals surface area contributed by atoms with Crippen molar-refractivity contribution in [2.75, 3.05) is 21.3 Å². The van der Waals surface area contributed by atoms with E-state index in [0.29, 0.717) is 28.6 Å². The van der Waals surface area contributed by atoms with Gasteiger partial charge in [0.05, 0.1) is 26.3 Å². The average molecular weight is 387 g/mol. The second kappa shape index (κ2) is 8.25. The SMILES string of the molecule is COc1cc(-c2nnc(COc3ccc([N+](=O)[O-])cc3)o2)cc(OC)c1OC. The zero-order valence-electron chi connectivity index (χ0n) is 15.4. The molecule has 0 aliphatic rings. The van der Waals surface area contributed by atoms with Gasteiger partial charge in [-0.05, 0) is 24.3 Å². The van der Waals surface area contributed by atoms with Gasteiger partial charge >= 0.3 is 0 Å². The number of methoxy groups -OCH3 is 3. The predicted molar refractivity (Wildman–Crippen MR) is 96.8 cm³/mol. The topological polar surface area (TPSA) is 119 Å². The molecule has 3 rings (SSSR count). The number of aromatic nitrogens is 2. The molecule has 1 aromatic heterocycles. The van der Waals surface area contributed by atoms with Crippen molar-refractivity contribution >= 4 is 5.69 Å². The normalized spacial score (nSPS) is 10.4. The molecule has 0 saturated heterocycles. The fourth-order valence-electron chi connectivity index (χ4n) is 2.44. The molecular weight excluding hydrogens is 370 g/mol. The van der Waals surface area contributed by atoms with Crippen LogP contribution in [-0.2, 0) is 6.61 Å². The lowest BCUT2D eigenvalue weighted by molar-refractivity contribution is -0.384. The number of rotatable bonds is 8. The Bertz CT molecular complexity index is 945. The molecular formula is C18H17N3O7. The molecule has 3 aromatic rings. The smallest absolute Gasteiger partial charge is 0.269 e. The van der Waals surface area contributed by atoms with Crippen LogP contribution in [0.4, 0.5) is 5.69 Å². The van der Waals surface area contributed by atoms with Crippen LogP contribution in [0.1, 0.15) is 5.89 Å². The number of hydrogen-bond donors (Lipinski definition) is 0. The summed E-state index contributed by atoms with van der Waals surface area (Å²) in [5.74, 6) is 2.30. The molecule has 0 radical (unpaired) electrons. The summed E-state index contributed by atoms with van der Waals surface area (Å²) in [5.41, 5.74) is 0.568. The van der Waals surface area contributed by atoms with E-state index in [4.69, 9.17) is 23.4 Å². The first-order valence-electron chi connectivity index (χ1n) is 8.05. The Kier molecular flexibility index (Phi) is 5.58. The van der Waals surface area contributed by atoms with Crippen LogP contribution in [0, 0.1) is 10.1 Å². The fourth-order valence-corrected chi connectivity index (χ4v) is 2.44. The van der Waals surface area contributed by atoms with E-state index in [-0.39, 0.29) is 24.1 Å². The van der Waals surface area contributed by atoms with Crippen LogP contribution in [0.3, 0.4) is 0 Å². The van der Waals surface area contributed by atoms with E-state index in [1.165, 1.54) is 45.6 Å². The lowest BCUT2D eigenvalue weighted by Gasteiger charge is -2.12. The second-order valence-electron chi connectivity index (χ2n) is 5.45. The summed E-state index contributed by atoms with van der Waals surface area (Å²) in [4.78, 5) is 10.2. The summed E-state index contributed by atoms with van der Waals surface area (Å²) in [6, 6.07) is 9.07. The van der Waals surface area contributed by atoms with Crippen molar-refractivity contribution in [2.24, 2.45) is 0 Å². The summed E-state index contributed by atoms with van der Waals surface area (Å²) < 4.78 is 27.0. The molecule has 0 atom stereocenters. The summed E-state index contributed by atoms with van der Waals surface area (Å²) >= 11 is 0. The van der Waals surface area contributed by atoms with Crippen LogP contribution in [0.15, 0.2) is 40.8 Å². The highest BCUT2D eigenvalue weighted by molar-refractivity contribution is 5.65. The molecule has 0 saturated carbocycles. The van der Waals surface area contributed by atoms with E-state index >= 15 is 0 Å². The molecule has 0 aliphatic carbocycles. The average Bonchev–Trinajstić information content (AvgIpc) is 3.20. The highest BCUT2D eigenvalue weighted by Crippen LogP contribution is 2.40. The molecule has 0 fully saturated rings. The summed E-state index contributed by atoms with van der Waals surface area (Å²) in [6.45, 7) is 0.00916. The number of hydrogen-bond acceptors (Lipinski definition) is 9. The van der Waals surface area contributed by atoms with E-state index in [1.807, 2.05) is 0 Å².